The van der Waals surface area contributed by atoms with Crippen LogP contribution in [0.4, 0.5) is 0 Å². The zero-order valence-corrected chi connectivity index (χ0v) is 21.7. The van der Waals surface area contributed by atoms with E-state index in [2.05, 4.69) is 113 Å². The summed E-state index contributed by atoms with van der Waals surface area (Å²) in [5.41, 5.74) is 6.81. The second-order valence-corrected chi connectivity index (χ2v) is 9.51. The maximum absolute atomic E-state index is 6.11. The highest BCUT2D eigenvalue weighted by molar-refractivity contribution is 5.75. The number of oxazole rings is 1. The third-order valence-corrected chi connectivity index (χ3v) is 7.02. The number of ether oxygens (including phenoxy) is 1. The van der Waals surface area contributed by atoms with Crippen LogP contribution in [0.15, 0.2) is 144 Å². The summed E-state index contributed by atoms with van der Waals surface area (Å²) in [6.07, 6.45) is 0. The Balaban J connectivity index is 1.15. The fourth-order valence-electron chi connectivity index (χ4n) is 5.11. The summed E-state index contributed by atoms with van der Waals surface area (Å²) in [5.74, 6) is 0.631. The van der Waals surface area contributed by atoms with E-state index in [-0.39, 0.29) is 0 Å². The standard InChI is InChI=1S/C35H30N2O2/c1-4-12-29(13-5-1)35(30-14-6-2-7-15-30,31-16-8-3-9-17-31)36-24-25-38-26-27-20-22-28(23-21-27)34-37-32-18-10-11-19-33(32)39-34/h1-23,36H,24-26H2. The lowest BCUT2D eigenvalue weighted by Crippen LogP contribution is -2.46. The molecule has 0 aliphatic carbocycles. The molecule has 0 saturated carbocycles. The Morgan fingerprint density at radius 2 is 1.15 bits per heavy atom. The molecule has 1 N–H and O–H groups in total. The lowest BCUT2D eigenvalue weighted by Gasteiger charge is -2.37. The van der Waals surface area contributed by atoms with Crippen LogP contribution in [0.3, 0.4) is 0 Å². The van der Waals surface area contributed by atoms with Crippen molar-refractivity contribution in [2.45, 2.75) is 12.1 Å². The summed E-state index contributed by atoms with van der Waals surface area (Å²) in [7, 11) is 0. The first-order valence-corrected chi connectivity index (χ1v) is 13.3. The largest absolute Gasteiger partial charge is 0.436 e. The van der Waals surface area contributed by atoms with Crippen molar-refractivity contribution in [1.29, 1.82) is 0 Å². The lowest BCUT2D eigenvalue weighted by atomic mass is 9.77. The molecule has 4 heteroatoms. The maximum Gasteiger partial charge on any atom is 0.227 e. The zero-order chi connectivity index (χ0) is 26.3. The molecule has 0 unspecified atom stereocenters. The van der Waals surface area contributed by atoms with Gasteiger partial charge < -0.3 is 9.15 Å². The maximum atomic E-state index is 6.11. The normalized spacial score (nSPS) is 11.6. The molecule has 39 heavy (non-hydrogen) atoms. The molecule has 0 aliphatic heterocycles. The molecule has 0 bridgehead atoms. The van der Waals surface area contributed by atoms with E-state index < -0.39 is 5.54 Å². The van der Waals surface area contributed by atoms with Crippen LogP contribution in [0.5, 0.6) is 0 Å². The molecular formula is C35H30N2O2. The van der Waals surface area contributed by atoms with Crippen LogP contribution in [0.1, 0.15) is 22.3 Å². The summed E-state index contributed by atoms with van der Waals surface area (Å²) in [5, 5.41) is 3.87. The Bertz CT molecular complexity index is 1480. The Hall–Kier alpha value is -4.51. The van der Waals surface area contributed by atoms with Crippen LogP contribution in [-0.4, -0.2) is 18.1 Å². The van der Waals surface area contributed by atoms with Crippen molar-refractivity contribution in [3.63, 3.8) is 0 Å². The third-order valence-electron chi connectivity index (χ3n) is 7.02. The highest BCUT2D eigenvalue weighted by Crippen LogP contribution is 2.36. The van der Waals surface area contributed by atoms with E-state index >= 15 is 0 Å². The van der Waals surface area contributed by atoms with Crippen LogP contribution in [0.2, 0.25) is 0 Å². The van der Waals surface area contributed by atoms with E-state index in [9.17, 15) is 0 Å². The van der Waals surface area contributed by atoms with Gasteiger partial charge in [-0.25, -0.2) is 4.98 Å². The SMILES string of the molecule is c1ccc(C(NCCOCc2ccc(-c3nc4ccccc4o3)cc2)(c2ccccc2)c2ccccc2)cc1. The smallest absolute Gasteiger partial charge is 0.227 e. The van der Waals surface area contributed by atoms with Crippen molar-refractivity contribution in [3.05, 3.63) is 162 Å². The van der Waals surface area contributed by atoms with Gasteiger partial charge in [0.1, 0.15) is 5.52 Å². The molecule has 1 aromatic heterocycles. The van der Waals surface area contributed by atoms with Gasteiger partial charge in [0.25, 0.3) is 0 Å². The molecule has 4 nitrogen and oxygen atoms in total. The number of benzene rings is 5. The van der Waals surface area contributed by atoms with E-state index in [1.807, 2.05) is 36.4 Å². The van der Waals surface area contributed by atoms with E-state index in [4.69, 9.17) is 9.15 Å². The number of hydrogen-bond donors (Lipinski definition) is 1. The second kappa shape index (κ2) is 11.5. The highest BCUT2D eigenvalue weighted by atomic mass is 16.5. The van der Waals surface area contributed by atoms with Crippen molar-refractivity contribution in [2.75, 3.05) is 13.2 Å². The first-order valence-electron chi connectivity index (χ1n) is 13.3. The van der Waals surface area contributed by atoms with Gasteiger partial charge in [-0.2, -0.15) is 0 Å². The lowest BCUT2D eigenvalue weighted by molar-refractivity contribution is 0.119. The van der Waals surface area contributed by atoms with E-state index in [1.54, 1.807) is 0 Å². The molecule has 0 spiro atoms. The van der Waals surface area contributed by atoms with Gasteiger partial charge in [-0.1, -0.05) is 115 Å². The number of aromatic nitrogens is 1. The molecule has 6 rings (SSSR count). The number of para-hydroxylation sites is 2. The number of nitrogens with zero attached hydrogens (tertiary/aromatic N) is 1. The fourth-order valence-corrected chi connectivity index (χ4v) is 5.11. The zero-order valence-electron chi connectivity index (χ0n) is 21.7. The van der Waals surface area contributed by atoms with Crippen molar-refractivity contribution in [2.24, 2.45) is 0 Å². The summed E-state index contributed by atoms with van der Waals surface area (Å²) >= 11 is 0. The summed E-state index contributed by atoms with van der Waals surface area (Å²) < 4.78 is 12.0. The fraction of sp³-hybridized carbons (Fsp3) is 0.114. The van der Waals surface area contributed by atoms with Gasteiger partial charge in [0.05, 0.1) is 18.8 Å². The average Bonchev–Trinajstić information content (AvgIpc) is 3.45. The molecule has 0 saturated heterocycles. The van der Waals surface area contributed by atoms with Crippen molar-refractivity contribution < 1.29 is 9.15 Å². The predicted molar refractivity (Wildman–Crippen MR) is 156 cm³/mol. The first-order chi connectivity index (χ1) is 19.3. The molecule has 0 aliphatic rings. The Morgan fingerprint density at radius 3 is 1.72 bits per heavy atom. The van der Waals surface area contributed by atoms with Crippen LogP contribution >= 0.6 is 0 Å². The van der Waals surface area contributed by atoms with Crippen molar-refractivity contribution in [1.82, 2.24) is 10.3 Å². The minimum Gasteiger partial charge on any atom is -0.436 e. The number of nitrogens with one attached hydrogen (secondary N) is 1. The quantitative estimate of drug-likeness (QED) is 0.152. The summed E-state index contributed by atoms with van der Waals surface area (Å²) in [4.78, 5) is 4.59. The van der Waals surface area contributed by atoms with Gasteiger partial charge >= 0.3 is 0 Å². The van der Waals surface area contributed by atoms with E-state index in [0.717, 1.165) is 22.2 Å². The summed E-state index contributed by atoms with van der Waals surface area (Å²) in [6, 6.07) is 47.9. The summed E-state index contributed by atoms with van der Waals surface area (Å²) in [6.45, 7) is 1.78. The number of hydrogen-bond acceptors (Lipinski definition) is 4. The predicted octanol–water partition coefficient (Wildman–Crippen LogP) is 7.59. The third kappa shape index (κ3) is 5.26. The van der Waals surface area contributed by atoms with E-state index in [1.165, 1.54) is 16.7 Å². The van der Waals surface area contributed by atoms with Gasteiger partial charge in [-0.05, 0) is 46.5 Å². The Kier molecular flexibility index (Phi) is 7.30. The molecule has 0 radical (unpaired) electrons. The Labute approximate surface area is 228 Å². The molecular weight excluding hydrogens is 480 g/mol. The van der Waals surface area contributed by atoms with Gasteiger partial charge in [-0.15, -0.1) is 0 Å². The second-order valence-electron chi connectivity index (χ2n) is 9.51. The van der Waals surface area contributed by atoms with Crippen LogP contribution in [0, 0.1) is 0 Å². The number of rotatable bonds is 10. The van der Waals surface area contributed by atoms with Crippen LogP contribution in [-0.2, 0) is 16.9 Å². The molecule has 0 fully saturated rings. The molecule has 0 atom stereocenters. The van der Waals surface area contributed by atoms with Crippen LogP contribution < -0.4 is 5.32 Å². The monoisotopic (exact) mass is 510 g/mol. The van der Waals surface area contributed by atoms with Gasteiger partial charge in [-0.3, -0.25) is 5.32 Å². The molecule has 192 valence electrons. The molecule has 1 heterocycles. The molecule has 5 aromatic carbocycles. The first kappa shape index (κ1) is 24.8. The van der Waals surface area contributed by atoms with Gasteiger partial charge in [0.15, 0.2) is 5.58 Å². The van der Waals surface area contributed by atoms with Crippen LogP contribution in [0.25, 0.3) is 22.6 Å². The highest BCUT2D eigenvalue weighted by Gasteiger charge is 2.35. The van der Waals surface area contributed by atoms with Gasteiger partial charge in [0, 0.05) is 12.1 Å². The van der Waals surface area contributed by atoms with Crippen molar-refractivity contribution >= 4 is 11.1 Å². The topological polar surface area (TPSA) is 47.3 Å². The molecule has 6 aromatic rings. The number of fused-ring (bicyclic) bond motifs is 1. The molecule has 0 amide bonds. The average molecular weight is 511 g/mol. The van der Waals surface area contributed by atoms with Gasteiger partial charge in [0.2, 0.25) is 5.89 Å². The minimum absolute atomic E-state index is 0.492. The van der Waals surface area contributed by atoms with E-state index in [0.29, 0.717) is 25.6 Å². The Morgan fingerprint density at radius 1 is 0.615 bits per heavy atom. The van der Waals surface area contributed by atoms with Crippen molar-refractivity contribution in [3.8, 4) is 11.5 Å². The minimum atomic E-state index is -0.492.